The number of nitrogens with zero attached hydrogens (tertiary/aromatic N) is 4. The van der Waals surface area contributed by atoms with Gasteiger partial charge in [-0.05, 0) is 61.7 Å². The molecule has 1 saturated heterocycles. The van der Waals surface area contributed by atoms with Crippen LogP contribution in [0.25, 0.3) is 11.3 Å². The zero-order chi connectivity index (χ0) is 31.2. The number of pyridine rings is 2. The van der Waals surface area contributed by atoms with Gasteiger partial charge in [0.1, 0.15) is 5.82 Å². The summed E-state index contributed by atoms with van der Waals surface area (Å²) in [5.41, 5.74) is 7.30. The molecule has 1 spiro atoms. The Hall–Kier alpha value is -4.26. The number of anilines is 1. The first-order valence-corrected chi connectivity index (χ1v) is 13.8. The lowest BCUT2D eigenvalue weighted by molar-refractivity contribution is -0.137. The van der Waals surface area contributed by atoms with E-state index in [9.17, 15) is 22.4 Å². The van der Waals surface area contributed by atoms with Gasteiger partial charge < -0.3 is 25.4 Å². The monoisotopic (exact) mass is 603 g/mol. The number of alkyl halides is 3. The highest BCUT2D eigenvalue weighted by Crippen LogP contribution is 2.45. The van der Waals surface area contributed by atoms with Gasteiger partial charge in [0.2, 0.25) is 11.8 Å². The van der Waals surface area contributed by atoms with Crippen molar-refractivity contribution in [1.29, 1.82) is 0 Å². The number of nitrogens with two attached hydrogens (primary N) is 1. The molecular formula is C30H33F4N5O4. The molecule has 3 N–H and O–H groups in total. The number of amides is 1. The van der Waals surface area contributed by atoms with Crippen molar-refractivity contribution >= 4 is 18.1 Å². The highest BCUT2D eigenvalue weighted by molar-refractivity contribution is 5.77. The summed E-state index contributed by atoms with van der Waals surface area (Å²) in [7, 11) is 0. The molecule has 5 rings (SSSR count). The number of aromatic nitrogens is 2. The SMILES string of the molecule is CCOc1ncccc1-c1ccc2c(n1)CN(C(=O)CCN)CC21CCN(c2ccc(F)cc2C(F)(F)F)CC1.O=CO. The predicted octanol–water partition coefficient (Wildman–Crippen LogP) is 4.63. The van der Waals surface area contributed by atoms with Crippen LogP contribution in [0.3, 0.4) is 0 Å². The number of benzene rings is 1. The molecule has 0 saturated carbocycles. The minimum atomic E-state index is -4.68. The van der Waals surface area contributed by atoms with Gasteiger partial charge in [0, 0.05) is 49.9 Å². The van der Waals surface area contributed by atoms with Crippen LogP contribution in [0.15, 0.2) is 48.7 Å². The van der Waals surface area contributed by atoms with Crippen LogP contribution in [-0.2, 0) is 27.7 Å². The van der Waals surface area contributed by atoms with Crippen molar-refractivity contribution in [2.75, 3.05) is 37.7 Å². The lowest BCUT2D eigenvalue weighted by Crippen LogP contribution is -2.54. The van der Waals surface area contributed by atoms with Crippen LogP contribution >= 0.6 is 0 Å². The average molecular weight is 604 g/mol. The Morgan fingerprint density at radius 2 is 1.91 bits per heavy atom. The molecule has 0 radical (unpaired) electrons. The first kappa shape index (κ1) is 31.7. The predicted molar refractivity (Wildman–Crippen MR) is 151 cm³/mol. The number of piperidine rings is 1. The molecule has 1 aromatic carbocycles. The van der Waals surface area contributed by atoms with Crippen LogP contribution in [0.2, 0.25) is 0 Å². The molecule has 3 aromatic rings. The third-order valence-corrected chi connectivity index (χ3v) is 7.74. The van der Waals surface area contributed by atoms with Gasteiger partial charge in [0.25, 0.3) is 6.47 Å². The zero-order valence-corrected chi connectivity index (χ0v) is 23.6. The summed E-state index contributed by atoms with van der Waals surface area (Å²) in [6.45, 7) is 3.65. The van der Waals surface area contributed by atoms with Gasteiger partial charge in [-0.3, -0.25) is 14.6 Å². The Labute approximate surface area is 246 Å². The Kier molecular flexibility index (Phi) is 9.84. The molecule has 0 unspecified atom stereocenters. The number of ether oxygens (including phenoxy) is 1. The van der Waals surface area contributed by atoms with Crippen molar-refractivity contribution < 1.29 is 37.0 Å². The third-order valence-electron chi connectivity index (χ3n) is 7.74. The molecule has 1 fully saturated rings. The molecule has 43 heavy (non-hydrogen) atoms. The molecule has 0 atom stereocenters. The van der Waals surface area contributed by atoms with Crippen molar-refractivity contribution in [3.05, 3.63) is 71.3 Å². The molecule has 2 aliphatic heterocycles. The summed E-state index contributed by atoms with van der Waals surface area (Å²) < 4.78 is 60.6. The molecular weight excluding hydrogens is 570 g/mol. The highest BCUT2D eigenvalue weighted by atomic mass is 19.4. The summed E-state index contributed by atoms with van der Waals surface area (Å²) in [4.78, 5) is 34.1. The van der Waals surface area contributed by atoms with E-state index in [1.54, 1.807) is 22.1 Å². The van der Waals surface area contributed by atoms with Crippen molar-refractivity contribution in [3.8, 4) is 17.1 Å². The minimum Gasteiger partial charge on any atom is -0.483 e. The van der Waals surface area contributed by atoms with Crippen LogP contribution in [0.5, 0.6) is 5.88 Å². The summed E-state index contributed by atoms with van der Waals surface area (Å²) in [6, 6.07) is 10.4. The second kappa shape index (κ2) is 13.4. The zero-order valence-electron chi connectivity index (χ0n) is 23.6. The first-order chi connectivity index (χ1) is 20.6. The number of hydrogen-bond donors (Lipinski definition) is 2. The van der Waals surface area contributed by atoms with Gasteiger partial charge in [0.15, 0.2) is 0 Å². The summed E-state index contributed by atoms with van der Waals surface area (Å²) >= 11 is 0. The van der Waals surface area contributed by atoms with Gasteiger partial charge in [-0.1, -0.05) is 6.07 Å². The molecule has 9 nitrogen and oxygen atoms in total. The Morgan fingerprint density at radius 3 is 2.56 bits per heavy atom. The molecule has 0 bridgehead atoms. The van der Waals surface area contributed by atoms with Crippen molar-refractivity contribution in [2.24, 2.45) is 5.73 Å². The molecule has 230 valence electrons. The molecule has 2 aromatic heterocycles. The van der Waals surface area contributed by atoms with Gasteiger partial charge in [0.05, 0.1) is 35.7 Å². The maximum absolute atomic E-state index is 13.7. The van der Waals surface area contributed by atoms with E-state index >= 15 is 0 Å². The molecule has 1 amide bonds. The number of carboxylic acid groups (broad SMARTS) is 1. The number of halogens is 4. The second-order valence-corrected chi connectivity index (χ2v) is 10.3. The number of carbonyl (C=O) groups excluding carboxylic acids is 1. The van der Waals surface area contributed by atoms with Gasteiger partial charge >= 0.3 is 6.18 Å². The molecule has 0 aliphatic carbocycles. The number of rotatable bonds is 6. The minimum absolute atomic E-state index is 0.0376. The van der Waals surface area contributed by atoms with Gasteiger partial charge in [-0.25, -0.2) is 9.37 Å². The van der Waals surface area contributed by atoms with E-state index in [0.717, 1.165) is 22.9 Å². The maximum atomic E-state index is 13.7. The normalized spacial score (nSPS) is 15.8. The number of hydrogen-bond acceptors (Lipinski definition) is 7. The van der Waals surface area contributed by atoms with Gasteiger partial charge in [-0.2, -0.15) is 13.2 Å². The Morgan fingerprint density at radius 1 is 1.19 bits per heavy atom. The largest absolute Gasteiger partial charge is 0.483 e. The van der Waals surface area contributed by atoms with E-state index in [0.29, 0.717) is 63.3 Å². The topological polar surface area (TPSA) is 122 Å². The van der Waals surface area contributed by atoms with Crippen molar-refractivity contribution in [1.82, 2.24) is 14.9 Å². The average Bonchev–Trinajstić information content (AvgIpc) is 2.98. The van der Waals surface area contributed by atoms with E-state index in [4.69, 9.17) is 25.4 Å². The van der Waals surface area contributed by atoms with E-state index in [1.807, 2.05) is 25.1 Å². The van der Waals surface area contributed by atoms with Crippen LogP contribution in [0, 0.1) is 5.82 Å². The quantitative estimate of drug-likeness (QED) is 0.309. The Balaban J connectivity index is 0.00000135. The number of carbonyl (C=O) groups is 2. The highest BCUT2D eigenvalue weighted by Gasteiger charge is 2.45. The maximum Gasteiger partial charge on any atom is 0.418 e. The fraction of sp³-hybridized carbons (Fsp3) is 0.400. The van der Waals surface area contributed by atoms with E-state index in [1.165, 1.54) is 6.07 Å². The van der Waals surface area contributed by atoms with E-state index in [-0.39, 0.29) is 31.0 Å². The molecule has 4 heterocycles. The lowest BCUT2D eigenvalue weighted by atomic mass is 9.69. The van der Waals surface area contributed by atoms with Crippen LogP contribution in [-0.4, -0.2) is 65.1 Å². The lowest BCUT2D eigenvalue weighted by Gasteiger charge is -2.49. The van der Waals surface area contributed by atoms with Crippen LogP contribution in [0.1, 0.15) is 43.0 Å². The fourth-order valence-electron chi connectivity index (χ4n) is 5.85. The van der Waals surface area contributed by atoms with E-state index in [2.05, 4.69) is 4.98 Å². The molecule has 13 heteroatoms. The van der Waals surface area contributed by atoms with Gasteiger partial charge in [-0.15, -0.1) is 0 Å². The third kappa shape index (κ3) is 6.87. The first-order valence-electron chi connectivity index (χ1n) is 13.8. The summed E-state index contributed by atoms with van der Waals surface area (Å²) in [6.07, 6.45) is -1.84. The van der Waals surface area contributed by atoms with Crippen molar-refractivity contribution in [2.45, 2.75) is 44.3 Å². The standard InChI is InChI=1S/C29H31F4N5O2.CH2O2/c1-2-40-27-20(4-3-13-35-27)23-7-6-21-24(36-23)17-38(26(39)9-12-34)18-28(21)10-14-37(15-11-28)25-8-5-19(30)16-22(25)29(31,32)33;2-1-3/h3-8,13,16H,2,9-12,14-15,17-18,34H2,1H3;1H,(H,2,3). The number of fused-ring (bicyclic) bond motifs is 2. The van der Waals surface area contributed by atoms with Crippen molar-refractivity contribution in [3.63, 3.8) is 0 Å². The smallest absolute Gasteiger partial charge is 0.418 e. The second-order valence-electron chi connectivity index (χ2n) is 10.3. The molecule has 2 aliphatic rings. The van der Waals surface area contributed by atoms with Crippen LogP contribution < -0.4 is 15.4 Å². The Bertz CT molecular complexity index is 1440. The summed E-state index contributed by atoms with van der Waals surface area (Å²) in [5, 5.41) is 6.89. The summed E-state index contributed by atoms with van der Waals surface area (Å²) in [5.74, 6) is -0.550. The van der Waals surface area contributed by atoms with E-state index < -0.39 is 23.0 Å². The fourth-order valence-corrected chi connectivity index (χ4v) is 5.85. The van der Waals surface area contributed by atoms with Crippen LogP contribution in [0.4, 0.5) is 23.2 Å².